The molecule has 0 radical (unpaired) electrons. The number of nitrogens with zero attached hydrogens (tertiary/aromatic N) is 6. The Kier molecular flexibility index (Phi) is 2.13. The first kappa shape index (κ1) is 11.4. The van der Waals surface area contributed by atoms with Crippen molar-refractivity contribution in [2.45, 2.75) is 0 Å². The summed E-state index contributed by atoms with van der Waals surface area (Å²) in [7, 11) is 0. The fraction of sp³-hybridized carbons (Fsp3) is 0. The number of fused-ring (bicyclic) bond motifs is 8. The highest BCUT2D eigenvalue weighted by Crippen LogP contribution is 2.35. The van der Waals surface area contributed by atoms with Crippen molar-refractivity contribution in [1.82, 2.24) is 30.8 Å². The van der Waals surface area contributed by atoms with E-state index in [0.717, 1.165) is 26.9 Å². The van der Waals surface area contributed by atoms with Crippen molar-refractivity contribution in [3.05, 3.63) is 48.7 Å². The Hall–Kier alpha value is -3.28. The number of rotatable bonds is 0. The highest BCUT2D eigenvalue weighted by molar-refractivity contribution is 6.28. The van der Waals surface area contributed by atoms with Gasteiger partial charge in [0.05, 0.1) is 6.20 Å². The molecule has 0 atom stereocenters. The van der Waals surface area contributed by atoms with Crippen LogP contribution in [0, 0.1) is 0 Å². The molecule has 2 aromatic heterocycles. The highest BCUT2D eigenvalue weighted by atomic mass is 15.4. The maximum atomic E-state index is 4.22. The van der Waals surface area contributed by atoms with Gasteiger partial charge in [-0.2, -0.15) is 5.10 Å². The molecular weight excluding hydrogens is 276 g/mol. The zero-order chi connectivity index (χ0) is 14.5. The van der Waals surface area contributed by atoms with Gasteiger partial charge in [0.2, 0.25) is 0 Å². The maximum Gasteiger partial charge on any atom is 0.144 e. The second kappa shape index (κ2) is 4.11. The van der Waals surface area contributed by atoms with Gasteiger partial charge in [-0.05, 0) is 32.7 Å². The molecule has 5 rings (SSSR count). The van der Waals surface area contributed by atoms with Gasteiger partial charge in [-0.25, -0.2) is 0 Å². The summed E-state index contributed by atoms with van der Waals surface area (Å²) in [6.45, 7) is 0. The van der Waals surface area contributed by atoms with E-state index in [1.807, 2.05) is 18.2 Å². The summed E-state index contributed by atoms with van der Waals surface area (Å²) in [4.78, 5) is 0. The molecule has 0 aliphatic rings. The summed E-state index contributed by atoms with van der Waals surface area (Å²) in [6, 6.07) is 14.3. The summed E-state index contributed by atoms with van der Waals surface area (Å²) < 4.78 is 0. The average molecular weight is 284 g/mol. The van der Waals surface area contributed by atoms with E-state index in [9.17, 15) is 0 Å². The minimum Gasteiger partial charge on any atom is -0.158 e. The molecule has 5 aromatic rings. The van der Waals surface area contributed by atoms with Gasteiger partial charge >= 0.3 is 0 Å². The second-order valence-corrected chi connectivity index (χ2v) is 5.08. The summed E-state index contributed by atoms with van der Waals surface area (Å²) in [5.74, 6) is 0. The van der Waals surface area contributed by atoms with E-state index < -0.39 is 0 Å². The molecule has 0 saturated carbocycles. The molecule has 3 aromatic carbocycles. The smallest absolute Gasteiger partial charge is 0.144 e. The lowest BCUT2D eigenvalue weighted by Gasteiger charge is -2.08. The third kappa shape index (κ3) is 1.38. The van der Waals surface area contributed by atoms with Crippen LogP contribution in [0.5, 0.6) is 0 Å². The quantitative estimate of drug-likeness (QED) is 0.407. The zero-order valence-corrected chi connectivity index (χ0v) is 11.3. The predicted molar refractivity (Wildman–Crippen MR) is 83.2 cm³/mol. The first-order valence-electron chi connectivity index (χ1n) is 6.84. The largest absolute Gasteiger partial charge is 0.158 e. The van der Waals surface area contributed by atoms with Gasteiger partial charge in [0.15, 0.2) is 0 Å². The van der Waals surface area contributed by atoms with E-state index in [-0.39, 0.29) is 0 Å². The van der Waals surface area contributed by atoms with Gasteiger partial charge in [0.1, 0.15) is 16.6 Å². The Morgan fingerprint density at radius 2 is 1.45 bits per heavy atom. The first-order chi connectivity index (χ1) is 10.9. The van der Waals surface area contributed by atoms with Crippen LogP contribution in [0.25, 0.3) is 43.5 Å². The molecule has 6 nitrogen and oxygen atoms in total. The molecule has 0 aliphatic heterocycles. The molecule has 0 saturated heterocycles. The molecular formula is C16H8N6. The Balaban J connectivity index is 2.24. The van der Waals surface area contributed by atoms with Crippen molar-refractivity contribution in [1.29, 1.82) is 0 Å². The zero-order valence-electron chi connectivity index (χ0n) is 11.3. The van der Waals surface area contributed by atoms with Crippen LogP contribution in [0.3, 0.4) is 0 Å². The number of benzene rings is 3. The van der Waals surface area contributed by atoms with E-state index in [2.05, 4.69) is 55.1 Å². The van der Waals surface area contributed by atoms with Gasteiger partial charge in [-0.3, -0.25) is 0 Å². The SMILES string of the molecule is c1ccc2c(c1)ccc1c3ccnnc3c3nnnnc3c21. The summed E-state index contributed by atoms with van der Waals surface area (Å²) >= 11 is 0. The highest BCUT2D eigenvalue weighted by Gasteiger charge is 2.14. The van der Waals surface area contributed by atoms with E-state index in [1.54, 1.807) is 6.20 Å². The van der Waals surface area contributed by atoms with Gasteiger partial charge < -0.3 is 0 Å². The molecule has 6 heteroatoms. The molecule has 0 unspecified atom stereocenters. The monoisotopic (exact) mass is 284 g/mol. The first-order valence-corrected chi connectivity index (χ1v) is 6.84. The van der Waals surface area contributed by atoms with E-state index in [1.165, 1.54) is 0 Å². The summed E-state index contributed by atoms with van der Waals surface area (Å²) in [5.41, 5.74) is 2.03. The third-order valence-electron chi connectivity index (χ3n) is 3.95. The van der Waals surface area contributed by atoms with Crippen LogP contribution in [-0.2, 0) is 0 Å². The summed E-state index contributed by atoms with van der Waals surface area (Å²) in [5, 5.41) is 29.3. The van der Waals surface area contributed by atoms with Crippen LogP contribution in [0.4, 0.5) is 0 Å². The molecule has 0 N–H and O–H groups in total. The van der Waals surface area contributed by atoms with Crippen molar-refractivity contribution in [2.24, 2.45) is 0 Å². The number of hydrogen-bond acceptors (Lipinski definition) is 6. The minimum absolute atomic E-state index is 0.627. The van der Waals surface area contributed by atoms with Crippen LogP contribution < -0.4 is 0 Å². The van der Waals surface area contributed by atoms with Crippen LogP contribution >= 0.6 is 0 Å². The van der Waals surface area contributed by atoms with Crippen LogP contribution in [0.1, 0.15) is 0 Å². The maximum absolute atomic E-state index is 4.22. The number of aromatic nitrogens is 6. The molecule has 0 bridgehead atoms. The van der Waals surface area contributed by atoms with Crippen molar-refractivity contribution in [3.8, 4) is 0 Å². The van der Waals surface area contributed by atoms with Gasteiger partial charge in [0, 0.05) is 10.8 Å². The van der Waals surface area contributed by atoms with Crippen molar-refractivity contribution in [3.63, 3.8) is 0 Å². The molecule has 2 heterocycles. The summed E-state index contributed by atoms with van der Waals surface area (Å²) in [6.07, 6.45) is 1.69. The van der Waals surface area contributed by atoms with Crippen molar-refractivity contribution in [2.75, 3.05) is 0 Å². The van der Waals surface area contributed by atoms with Crippen LogP contribution in [0.15, 0.2) is 48.7 Å². The molecule has 0 aliphatic carbocycles. The fourth-order valence-electron chi connectivity index (χ4n) is 3.03. The standard InChI is InChI=1S/C16H8N6/c1-2-4-10-9(3-1)5-6-11-12-7-8-17-18-14(12)16-15(13(10)11)19-21-22-20-16/h1-8H. The lowest BCUT2D eigenvalue weighted by Crippen LogP contribution is -1.97. The topological polar surface area (TPSA) is 77.3 Å². The average Bonchev–Trinajstić information content (AvgIpc) is 2.61. The van der Waals surface area contributed by atoms with E-state index in [4.69, 9.17) is 0 Å². The van der Waals surface area contributed by atoms with Crippen molar-refractivity contribution >= 4 is 43.5 Å². The molecule has 0 fully saturated rings. The molecule has 0 spiro atoms. The Morgan fingerprint density at radius 3 is 2.41 bits per heavy atom. The fourth-order valence-corrected chi connectivity index (χ4v) is 3.03. The Bertz CT molecular complexity index is 1140. The molecule has 0 amide bonds. The normalized spacial score (nSPS) is 11.6. The second-order valence-electron chi connectivity index (χ2n) is 5.08. The van der Waals surface area contributed by atoms with Crippen LogP contribution in [0.2, 0.25) is 0 Å². The van der Waals surface area contributed by atoms with Gasteiger partial charge in [-0.15, -0.1) is 15.3 Å². The van der Waals surface area contributed by atoms with Gasteiger partial charge in [-0.1, -0.05) is 36.4 Å². The van der Waals surface area contributed by atoms with E-state index in [0.29, 0.717) is 16.6 Å². The van der Waals surface area contributed by atoms with Crippen LogP contribution in [-0.4, -0.2) is 30.8 Å². The predicted octanol–water partition coefficient (Wildman–Crippen LogP) is 2.67. The minimum atomic E-state index is 0.627. The lowest BCUT2D eigenvalue weighted by atomic mass is 9.97. The lowest BCUT2D eigenvalue weighted by molar-refractivity contribution is 0.799. The van der Waals surface area contributed by atoms with Crippen molar-refractivity contribution < 1.29 is 0 Å². The van der Waals surface area contributed by atoms with E-state index >= 15 is 0 Å². The third-order valence-corrected chi connectivity index (χ3v) is 3.95. The van der Waals surface area contributed by atoms with Gasteiger partial charge in [0.25, 0.3) is 0 Å². The molecule has 102 valence electrons. The molecule has 22 heavy (non-hydrogen) atoms. The Labute approximate surface area is 123 Å². The number of hydrogen-bond donors (Lipinski definition) is 0. The Morgan fingerprint density at radius 1 is 0.591 bits per heavy atom.